The second-order valence-corrected chi connectivity index (χ2v) is 4.45. The molecule has 3 heteroatoms. The third kappa shape index (κ3) is 2.65. The molecule has 0 saturated carbocycles. The Morgan fingerprint density at radius 1 is 1.22 bits per heavy atom. The molecule has 0 fully saturated rings. The van der Waals surface area contributed by atoms with Crippen LogP contribution in [0.15, 0.2) is 42.6 Å². The highest BCUT2D eigenvalue weighted by atomic mass is 35.5. The van der Waals surface area contributed by atoms with E-state index in [1.54, 1.807) is 0 Å². The molecule has 0 aliphatic carbocycles. The average Bonchev–Trinajstić information content (AvgIpc) is 2.42. The van der Waals surface area contributed by atoms with Crippen LogP contribution in [-0.4, -0.2) is 11.5 Å². The molecule has 0 N–H and O–H groups in total. The first kappa shape index (κ1) is 12.9. The summed E-state index contributed by atoms with van der Waals surface area (Å²) in [6.45, 7) is 5.12. The summed E-state index contributed by atoms with van der Waals surface area (Å²) < 4.78 is 0. The van der Waals surface area contributed by atoms with Crippen molar-refractivity contribution in [2.75, 3.05) is 11.4 Å². The number of anilines is 2. The van der Waals surface area contributed by atoms with Gasteiger partial charge in [0.15, 0.2) is 0 Å². The predicted molar refractivity (Wildman–Crippen MR) is 77.7 cm³/mol. The third-order valence-electron chi connectivity index (χ3n) is 2.96. The fraction of sp³-hybridized carbons (Fsp3) is 0.267. The van der Waals surface area contributed by atoms with Gasteiger partial charge in [0.25, 0.3) is 0 Å². The van der Waals surface area contributed by atoms with Gasteiger partial charge in [0, 0.05) is 24.3 Å². The molecular weight excluding hydrogens is 244 g/mol. The fourth-order valence-electron chi connectivity index (χ4n) is 2.01. The first-order valence-electron chi connectivity index (χ1n) is 6.10. The molecule has 2 rings (SSSR count). The number of halogens is 1. The minimum Gasteiger partial charge on any atom is -0.326 e. The van der Waals surface area contributed by atoms with Crippen LogP contribution in [0.2, 0.25) is 0 Å². The van der Waals surface area contributed by atoms with Crippen LogP contribution in [0, 0.1) is 6.92 Å². The number of aromatic nitrogens is 1. The molecule has 0 aliphatic heterocycles. The van der Waals surface area contributed by atoms with Crippen molar-refractivity contribution in [3.8, 4) is 0 Å². The molecule has 1 aromatic heterocycles. The second-order valence-electron chi connectivity index (χ2n) is 4.19. The molecule has 0 bridgehead atoms. The van der Waals surface area contributed by atoms with Crippen molar-refractivity contribution in [3.63, 3.8) is 0 Å². The Labute approximate surface area is 113 Å². The number of aryl methyl sites for hydroxylation is 1. The molecule has 0 atom stereocenters. The quantitative estimate of drug-likeness (QED) is 0.763. The molecule has 94 valence electrons. The van der Waals surface area contributed by atoms with E-state index in [1.165, 1.54) is 11.3 Å². The highest BCUT2D eigenvalue weighted by molar-refractivity contribution is 6.17. The molecule has 0 spiro atoms. The predicted octanol–water partition coefficient (Wildman–Crippen LogP) is 4.29. The Bertz CT molecular complexity index is 525. The molecular formula is C15H17ClN2. The van der Waals surface area contributed by atoms with Crippen LogP contribution in [0.25, 0.3) is 0 Å². The smallest absolute Gasteiger partial charge is 0.133 e. The molecule has 0 amide bonds. The van der Waals surface area contributed by atoms with Gasteiger partial charge >= 0.3 is 0 Å². The van der Waals surface area contributed by atoms with E-state index in [9.17, 15) is 0 Å². The average molecular weight is 261 g/mol. The van der Waals surface area contributed by atoms with Crippen molar-refractivity contribution in [1.29, 1.82) is 0 Å². The van der Waals surface area contributed by atoms with E-state index in [0.29, 0.717) is 5.88 Å². The number of nitrogens with zero attached hydrogens (tertiary/aromatic N) is 2. The maximum atomic E-state index is 5.88. The lowest BCUT2D eigenvalue weighted by Crippen LogP contribution is -2.18. The molecule has 0 aliphatic rings. The topological polar surface area (TPSA) is 16.1 Å². The maximum absolute atomic E-state index is 5.88. The van der Waals surface area contributed by atoms with Crippen molar-refractivity contribution in [3.05, 3.63) is 53.7 Å². The lowest BCUT2D eigenvalue weighted by molar-refractivity contribution is 0.979. The van der Waals surface area contributed by atoms with E-state index >= 15 is 0 Å². The van der Waals surface area contributed by atoms with Crippen LogP contribution in [0.4, 0.5) is 11.5 Å². The number of alkyl halides is 1. The Hall–Kier alpha value is -1.54. The molecule has 2 nitrogen and oxygen atoms in total. The van der Waals surface area contributed by atoms with Gasteiger partial charge in [0.1, 0.15) is 5.82 Å². The van der Waals surface area contributed by atoms with E-state index < -0.39 is 0 Å². The standard InChI is InChI=1S/C15H17ClN2/c1-3-18(14-7-5-4-6-12(14)2)15-10-13(11-16)8-9-17-15/h4-10H,3,11H2,1-2H3. The SMILES string of the molecule is CCN(c1cc(CCl)ccn1)c1ccccc1C. The van der Waals surface area contributed by atoms with Crippen LogP contribution in [0.1, 0.15) is 18.1 Å². The van der Waals surface area contributed by atoms with Crippen molar-refractivity contribution >= 4 is 23.1 Å². The molecule has 1 heterocycles. The highest BCUT2D eigenvalue weighted by Gasteiger charge is 2.10. The lowest BCUT2D eigenvalue weighted by Gasteiger charge is -2.24. The van der Waals surface area contributed by atoms with Crippen LogP contribution in [0.3, 0.4) is 0 Å². The van der Waals surface area contributed by atoms with E-state index in [0.717, 1.165) is 17.9 Å². The zero-order valence-electron chi connectivity index (χ0n) is 10.7. The molecule has 0 radical (unpaired) electrons. The Balaban J connectivity index is 2.42. The van der Waals surface area contributed by atoms with Crippen molar-refractivity contribution < 1.29 is 0 Å². The molecule has 0 unspecified atom stereocenters. The summed E-state index contributed by atoms with van der Waals surface area (Å²) in [5.74, 6) is 1.46. The summed E-state index contributed by atoms with van der Waals surface area (Å²) in [4.78, 5) is 6.64. The van der Waals surface area contributed by atoms with E-state index in [-0.39, 0.29) is 0 Å². The largest absolute Gasteiger partial charge is 0.326 e. The second kappa shape index (κ2) is 5.87. The van der Waals surface area contributed by atoms with Crippen LogP contribution < -0.4 is 4.90 Å². The Morgan fingerprint density at radius 3 is 2.67 bits per heavy atom. The summed E-state index contributed by atoms with van der Waals surface area (Å²) in [7, 11) is 0. The van der Waals surface area contributed by atoms with Gasteiger partial charge in [-0.3, -0.25) is 0 Å². The van der Waals surface area contributed by atoms with E-state index in [1.807, 2.05) is 18.3 Å². The minimum atomic E-state index is 0.515. The molecule has 2 aromatic rings. The number of rotatable bonds is 4. The number of hydrogen-bond acceptors (Lipinski definition) is 2. The van der Waals surface area contributed by atoms with Gasteiger partial charge in [-0.15, -0.1) is 11.6 Å². The van der Waals surface area contributed by atoms with Crippen molar-refractivity contribution in [1.82, 2.24) is 4.98 Å². The first-order valence-corrected chi connectivity index (χ1v) is 6.63. The molecule has 1 aromatic carbocycles. The first-order chi connectivity index (χ1) is 8.76. The summed E-state index contributed by atoms with van der Waals surface area (Å²) in [5, 5.41) is 0. The van der Waals surface area contributed by atoms with Crippen molar-refractivity contribution in [2.24, 2.45) is 0 Å². The molecule has 0 saturated heterocycles. The minimum absolute atomic E-state index is 0.515. The zero-order chi connectivity index (χ0) is 13.0. The number of para-hydroxylation sites is 1. The van der Waals surface area contributed by atoms with Gasteiger partial charge in [0.05, 0.1) is 0 Å². The summed E-state index contributed by atoms with van der Waals surface area (Å²) in [6, 6.07) is 12.3. The van der Waals surface area contributed by atoms with Gasteiger partial charge in [-0.2, -0.15) is 0 Å². The monoisotopic (exact) mass is 260 g/mol. The van der Waals surface area contributed by atoms with Gasteiger partial charge in [-0.1, -0.05) is 18.2 Å². The van der Waals surface area contributed by atoms with Gasteiger partial charge in [-0.25, -0.2) is 4.98 Å². The van der Waals surface area contributed by atoms with Crippen LogP contribution >= 0.6 is 11.6 Å². The number of benzene rings is 1. The third-order valence-corrected chi connectivity index (χ3v) is 3.27. The van der Waals surface area contributed by atoms with Gasteiger partial charge in [-0.05, 0) is 43.2 Å². The highest BCUT2D eigenvalue weighted by Crippen LogP contribution is 2.27. The summed E-state index contributed by atoms with van der Waals surface area (Å²) >= 11 is 5.88. The zero-order valence-corrected chi connectivity index (χ0v) is 11.5. The lowest BCUT2D eigenvalue weighted by atomic mass is 10.1. The Morgan fingerprint density at radius 2 is 2.00 bits per heavy atom. The van der Waals surface area contributed by atoms with E-state index in [4.69, 9.17) is 11.6 Å². The van der Waals surface area contributed by atoms with Crippen LogP contribution in [0.5, 0.6) is 0 Å². The van der Waals surface area contributed by atoms with Crippen LogP contribution in [-0.2, 0) is 5.88 Å². The van der Waals surface area contributed by atoms with Gasteiger partial charge in [0.2, 0.25) is 0 Å². The maximum Gasteiger partial charge on any atom is 0.133 e. The van der Waals surface area contributed by atoms with Crippen molar-refractivity contribution in [2.45, 2.75) is 19.7 Å². The molecule has 18 heavy (non-hydrogen) atoms. The van der Waals surface area contributed by atoms with E-state index in [2.05, 4.69) is 48.0 Å². The fourth-order valence-corrected chi connectivity index (χ4v) is 2.18. The Kier molecular flexibility index (Phi) is 4.21. The normalized spacial score (nSPS) is 10.4. The number of pyridine rings is 1. The summed E-state index contributed by atoms with van der Waals surface area (Å²) in [5.41, 5.74) is 3.53. The van der Waals surface area contributed by atoms with Gasteiger partial charge < -0.3 is 4.90 Å². The summed E-state index contributed by atoms with van der Waals surface area (Å²) in [6.07, 6.45) is 1.81. The number of hydrogen-bond donors (Lipinski definition) is 0.